The number of rotatable bonds is 13. The number of sulfonamides is 1. The number of non-ortho nitro benzene ring substituents is 1. The largest absolute Gasteiger partial charge is 0.497 e. The third-order valence-corrected chi connectivity index (χ3v) is 9.06. The topological polar surface area (TPSA) is 151 Å². The molecule has 44 heavy (non-hydrogen) atoms. The van der Waals surface area contributed by atoms with Gasteiger partial charge in [-0.15, -0.1) is 0 Å². The average Bonchev–Trinajstić information content (AvgIpc) is 3.04. The summed E-state index contributed by atoms with van der Waals surface area (Å²) in [5.74, 6) is 0.367. The highest BCUT2D eigenvalue weighted by atomic mass is 32.2. The highest BCUT2D eigenvalue weighted by molar-refractivity contribution is 7.89. The average molecular weight is 621 g/mol. The number of nitrogens with zero attached hydrogens (tertiary/aromatic N) is 4. The zero-order valence-electron chi connectivity index (χ0n) is 24.6. The van der Waals surface area contributed by atoms with Crippen molar-refractivity contribution in [3.05, 3.63) is 123 Å². The van der Waals surface area contributed by atoms with Crippen LogP contribution in [0.1, 0.15) is 45.9 Å². The molecule has 1 aromatic heterocycles. The zero-order chi connectivity index (χ0) is 31.9. The van der Waals surface area contributed by atoms with Gasteiger partial charge in [0.2, 0.25) is 10.0 Å². The van der Waals surface area contributed by atoms with E-state index in [1.54, 1.807) is 69.7 Å². The van der Waals surface area contributed by atoms with Crippen molar-refractivity contribution >= 4 is 21.7 Å². The number of nitro benzene ring substituents is 1. The van der Waals surface area contributed by atoms with E-state index in [0.717, 1.165) is 5.56 Å². The van der Waals surface area contributed by atoms with Crippen LogP contribution in [0.5, 0.6) is 11.5 Å². The van der Waals surface area contributed by atoms with Crippen LogP contribution in [0.4, 0.5) is 5.69 Å². The molecule has 3 aromatic carbocycles. The second kappa shape index (κ2) is 14.1. The van der Waals surface area contributed by atoms with E-state index in [1.807, 2.05) is 0 Å². The van der Waals surface area contributed by atoms with Gasteiger partial charge in [0.05, 0.1) is 24.7 Å². The molecule has 0 N–H and O–H groups in total. The molecule has 0 bridgehead atoms. The van der Waals surface area contributed by atoms with Crippen LogP contribution in [0.3, 0.4) is 0 Å². The van der Waals surface area contributed by atoms with Crippen LogP contribution >= 0.6 is 0 Å². The summed E-state index contributed by atoms with van der Waals surface area (Å²) < 4.78 is 46.3. The number of nitro groups is 1. The molecule has 0 radical (unpaired) electrons. The quantitative estimate of drug-likeness (QED) is 0.113. The Bertz CT molecular complexity index is 1630. The van der Waals surface area contributed by atoms with Gasteiger partial charge in [-0.2, -0.15) is 4.31 Å². The molecule has 0 unspecified atom stereocenters. The van der Waals surface area contributed by atoms with Gasteiger partial charge in [-0.25, -0.2) is 23.2 Å². The summed E-state index contributed by atoms with van der Waals surface area (Å²) in [5.41, 5.74) is 1.95. The van der Waals surface area contributed by atoms with Gasteiger partial charge in [0.1, 0.15) is 16.7 Å². The normalized spacial score (nSPS) is 12.8. The Morgan fingerprint density at radius 2 is 1.34 bits per heavy atom. The lowest BCUT2D eigenvalue weighted by Crippen LogP contribution is -2.41. The molecule has 12 nitrogen and oxygen atoms in total. The summed E-state index contributed by atoms with van der Waals surface area (Å²) in [6.45, 7) is 3.23. The maximum absolute atomic E-state index is 14.4. The number of benzene rings is 3. The molecule has 0 aliphatic rings. The fourth-order valence-corrected chi connectivity index (χ4v) is 5.92. The number of methoxy groups -OCH3 is 2. The van der Waals surface area contributed by atoms with E-state index in [0.29, 0.717) is 22.6 Å². The minimum atomic E-state index is -4.21. The highest BCUT2D eigenvalue weighted by Gasteiger charge is 2.39. The molecule has 0 aliphatic heterocycles. The smallest absolute Gasteiger partial charge is 0.338 e. The van der Waals surface area contributed by atoms with Gasteiger partial charge in [0.25, 0.3) is 5.69 Å². The molecule has 2 atom stereocenters. The van der Waals surface area contributed by atoms with E-state index in [1.165, 1.54) is 47.9 Å². The van der Waals surface area contributed by atoms with Crippen molar-refractivity contribution in [3.63, 3.8) is 0 Å². The Hall–Kier alpha value is -4.88. The molecule has 0 spiro atoms. The Morgan fingerprint density at radius 3 is 1.77 bits per heavy atom. The van der Waals surface area contributed by atoms with Gasteiger partial charge in [0, 0.05) is 37.6 Å². The number of aromatic nitrogens is 2. The van der Waals surface area contributed by atoms with Gasteiger partial charge in [-0.05, 0) is 66.9 Å². The molecule has 0 amide bonds. The summed E-state index contributed by atoms with van der Waals surface area (Å²) in [4.78, 5) is 32.2. The molecule has 0 saturated heterocycles. The lowest BCUT2D eigenvalue weighted by molar-refractivity contribution is -0.384. The van der Waals surface area contributed by atoms with E-state index < -0.39 is 32.3 Å². The van der Waals surface area contributed by atoms with Gasteiger partial charge in [0.15, 0.2) is 11.9 Å². The van der Waals surface area contributed by atoms with Crippen molar-refractivity contribution in [2.24, 2.45) is 0 Å². The maximum atomic E-state index is 14.4. The highest BCUT2D eigenvalue weighted by Crippen LogP contribution is 2.30. The molecule has 4 aromatic rings. The fourth-order valence-electron chi connectivity index (χ4n) is 4.31. The maximum Gasteiger partial charge on any atom is 0.338 e. The second-order valence-corrected chi connectivity index (χ2v) is 12.3. The van der Waals surface area contributed by atoms with Crippen LogP contribution in [-0.2, 0) is 27.8 Å². The summed E-state index contributed by atoms with van der Waals surface area (Å²) in [6.07, 6.45) is 1.60. The number of hydrogen-bond donors (Lipinski definition) is 0. The number of hydrogen-bond acceptors (Lipinski definition) is 10. The Morgan fingerprint density at radius 1 is 0.864 bits per heavy atom. The van der Waals surface area contributed by atoms with Crippen LogP contribution in [-0.4, -0.2) is 53.1 Å². The SMILES string of the molecule is COc1ccc(CN(Cc2ccc(OC)cc2)S(=O)(=O)[C@@H](C)[C@H](OC(=O)c2ccc([N+](=O)[O-])cc2)c2ncc(C)cn2)cc1. The zero-order valence-corrected chi connectivity index (χ0v) is 25.4. The Balaban J connectivity index is 1.70. The number of ether oxygens (including phenoxy) is 3. The molecule has 0 saturated carbocycles. The predicted molar refractivity (Wildman–Crippen MR) is 162 cm³/mol. The van der Waals surface area contributed by atoms with E-state index in [9.17, 15) is 23.3 Å². The monoisotopic (exact) mass is 620 g/mol. The van der Waals surface area contributed by atoms with Crippen molar-refractivity contribution < 1.29 is 32.3 Å². The summed E-state index contributed by atoms with van der Waals surface area (Å²) in [5, 5.41) is 9.72. The summed E-state index contributed by atoms with van der Waals surface area (Å²) in [6, 6.07) is 18.9. The molecule has 13 heteroatoms. The molecule has 0 fully saturated rings. The van der Waals surface area contributed by atoms with E-state index in [2.05, 4.69) is 9.97 Å². The van der Waals surface area contributed by atoms with Crippen molar-refractivity contribution in [1.82, 2.24) is 14.3 Å². The lowest BCUT2D eigenvalue weighted by Gasteiger charge is -2.30. The van der Waals surface area contributed by atoms with E-state index in [4.69, 9.17) is 14.2 Å². The molecular weight excluding hydrogens is 588 g/mol. The van der Waals surface area contributed by atoms with Crippen LogP contribution < -0.4 is 9.47 Å². The Labute approximate surface area is 255 Å². The molecule has 4 rings (SSSR count). The van der Waals surface area contributed by atoms with Crippen LogP contribution in [0, 0.1) is 17.0 Å². The first-order valence-corrected chi connectivity index (χ1v) is 15.0. The number of carbonyl (C=O) groups is 1. The minimum Gasteiger partial charge on any atom is -0.497 e. The summed E-state index contributed by atoms with van der Waals surface area (Å²) >= 11 is 0. The first-order valence-electron chi connectivity index (χ1n) is 13.5. The summed E-state index contributed by atoms with van der Waals surface area (Å²) in [7, 11) is -1.12. The molecule has 0 aliphatic carbocycles. The van der Waals surface area contributed by atoms with Crippen molar-refractivity contribution in [1.29, 1.82) is 0 Å². The van der Waals surface area contributed by atoms with Crippen molar-refractivity contribution in [2.45, 2.75) is 38.3 Å². The van der Waals surface area contributed by atoms with E-state index >= 15 is 0 Å². The van der Waals surface area contributed by atoms with Gasteiger partial charge < -0.3 is 14.2 Å². The number of aryl methyl sites for hydroxylation is 1. The molecular formula is C31H32N4O8S. The number of esters is 1. The predicted octanol–water partition coefficient (Wildman–Crippen LogP) is 5.03. The Kier molecular flexibility index (Phi) is 10.2. The number of carbonyl (C=O) groups excluding carboxylic acids is 1. The third-order valence-electron chi connectivity index (χ3n) is 6.90. The van der Waals surface area contributed by atoms with Gasteiger partial charge in [-0.1, -0.05) is 24.3 Å². The van der Waals surface area contributed by atoms with Gasteiger partial charge in [-0.3, -0.25) is 10.1 Å². The van der Waals surface area contributed by atoms with Crippen molar-refractivity contribution in [3.8, 4) is 11.5 Å². The van der Waals surface area contributed by atoms with E-state index in [-0.39, 0.29) is 30.2 Å². The first kappa shape index (κ1) is 32.0. The first-order chi connectivity index (χ1) is 21.0. The molecule has 1 heterocycles. The van der Waals surface area contributed by atoms with Crippen LogP contribution in [0.25, 0.3) is 0 Å². The second-order valence-electron chi connectivity index (χ2n) is 9.96. The van der Waals surface area contributed by atoms with Gasteiger partial charge >= 0.3 is 5.97 Å². The molecule has 230 valence electrons. The van der Waals surface area contributed by atoms with Crippen LogP contribution in [0.2, 0.25) is 0 Å². The third kappa shape index (κ3) is 7.74. The lowest BCUT2D eigenvalue weighted by atomic mass is 10.2. The van der Waals surface area contributed by atoms with Crippen LogP contribution in [0.15, 0.2) is 85.2 Å². The standard InChI is InChI=1S/C31H32N4O8S/c1-21-17-32-30(33-18-21)29(43-31(36)25-9-11-26(12-10-25)35(37)38)22(2)44(39,40)34(19-23-5-13-27(41-3)14-6-23)20-24-7-15-28(42-4)16-8-24/h5-18,22,29H,19-20H2,1-4H3/t22-,29-/m0/s1. The minimum absolute atomic E-state index is 0.00391. The van der Waals surface area contributed by atoms with Crippen molar-refractivity contribution in [2.75, 3.05) is 14.2 Å². The fraction of sp³-hybridized carbons (Fsp3) is 0.258.